The first-order valence-corrected chi connectivity index (χ1v) is 4.92. The number of hydrogen-bond acceptors (Lipinski definition) is 1. The van der Waals surface area contributed by atoms with Gasteiger partial charge in [0.25, 0.3) is 0 Å². The highest BCUT2D eigenvalue weighted by Crippen LogP contribution is 2.21. The number of hydrogen-bond donors (Lipinski definition) is 1. The second-order valence-corrected chi connectivity index (χ2v) is 3.34. The number of carbonyl (C=O) groups is 1. The molecule has 0 saturated heterocycles. The van der Waals surface area contributed by atoms with Crippen LogP contribution in [0.3, 0.4) is 0 Å². The van der Waals surface area contributed by atoms with Crippen LogP contribution in [0.1, 0.15) is 27.2 Å². The lowest BCUT2D eigenvalue weighted by atomic mass is 10.2. The van der Waals surface area contributed by atoms with Gasteiger partial charge in [0.1, 0.15) is 0 Å². The van der Waals surface area contributed by atoms with E-state index in [-0.39, 0.29) is 0 Å². The van der Waals surface area contributed by atoms with Crippen LogP contribution in [0.5, 0.6) is 0 Å². The van der Waals surface area contributed by atoms with Crippen LogP contribution in [0.25, 0.3) is 0 Å². The molecule has 1 atom stereocenters. The zero-order chi connectivity index (χ0) is 12.1. The summed E-state index contributed by atoms with van der Waals surface area (Å²) in [6.45, 7) is 5.87. The van der Waals surface area contributed by atoms with Crippen molar-refractivity contribution in [2.45, 2.75) is 39.4 Å². The molecule has 0 rings (SSSR count). The first-order chi connectivity index (χ1) is 6.80. The van der Waals surface area contributed by atoms with E-state index in [9.17, 15) is 18.0 Å². The molecule has 0 aromatic heterocycles. The number of rotatable bonds is 4. The van der Waals surface area contributed by atoms with Gasteiger partial charge in [-0.1, -0.05) is 0 Å². The number of amides is 2. The van der Waals surface area contributed by atoms with Crippen LogP contribution in [0.2, 0.25) is 0 Å². The SMILES string of the molecule is CCN(CC)C(=O)NC(C)CC(F)(F)F. The van der Waals surface area contributed by atoms with Crippen molar-refractivity contribution in [3.8, 4) is 0 Å². The molecule has 0 aromatic carbocycles. The van der Waals surface area contributed by atoms with Gasteiger partial charge in [-0.2, -0.15) is 13.2 Å². The van der Waals surface area contributed by atoms with Gasteiger partial charge in [-0.25, -0.2) is 4.79 Å². The van der Waals surface area contributed by atoms with Crippen molar-refractivity contribution in [3.63, 3.8) is 0 Å². The third-order valence-corrected chi connectivity index (χ3v) is 1.96. The van der Waals surface area contributed by atoms with E-state index in [1.165, 1.54) is 11.8 Å². The molecule has 0 aliphatic carbocycles. The summed E-state index contributed by atoms with van der Waals surface area (Å²) in [5.41, 5.74) is 0. The van der Waals surface area contributed by atoms with E-state index in [0.29, 0.717) is 13.1 Å². The molecule has 0 bridgehead atoms. The Kier molecular flexibility index (Phi) is 5.46. The van der Waals surface area contributed by atoms with Crippen LogP contribution >= 0.6 is 0 Å². The fraction of sp³-hybridized carbons (Fsp3) is 0.889. The van der Waals surface area contributed by atoms with Crippen molar-refractivity contribution in [1.82, 2.24) is 10.2 Å². The Balaban J connectivity index is 4.06. The number of nitrogens with one attached hydrogen (secondary N) is 1. The fourth-order valence-corrected chi connectivity index (χ4v) is 1.21. The molecule has 15 heavy (non-hydrogen) atoms. The number of carbonyl (C=O) groups excluding carboxylic acids is 1. The summed E-state index contributed by atoms with van der Waals surface area (Å²) in [5.74, 6) is 0. The Morgan fingerprint density at radius 2 is 1.80 bits per heavy atom. The van der Waals surface area contributed by atoms with Crippen LogP contribution < -0.4 is 5.32 Å². The van der Waals surface area contributed by atoms with E-state index in [0.717, 1.165) is 0 Å². The highest BCUT2D eigenvalue weighted by molar-refractivity contribution is 5.74. The summed E-state index contributed by atoms with van der Waals surface area (Å²) < 4.78 is 35.9. The van der Waals surface area contributed by atoms with Crippen LogP contribution in [0.15, 0.2) is 0 Å². The Labute approximate surface area is 87.6 Å². The average Bonchev–Trinajstić information content (AvgIpc) is 2.02. The third-order valence-electron chi connectivity index (χ3n) is 1.96. The number of urea groups is 1. The standard InChI is InChI=1S/C9H17F3N2O/c1-4-14(5-2)8(15)13-7(3)6-9(10,11)12/h7H,4-6H2,1-3H3,(H,13,15). The van der Waals surface area contributed by atoms with Gasteiger partial charge in [0.2, 0.25) is 0 Å². The number of halogens is 3. The zero-order valence-electron chi connectivity index (χ0n) is 9.19. The van der Waals surface area contributed by atoms with Gasteiger partial charge in [-0.05, 0) is 20.8 Å². The van der Waals surface area contributed by atoms with Crippen LogP contribution in [0.4, 0.5) is 18.0 Å². The van der Waals surface area contributed by atoms with Gasteiger partial charge in [-0.15, -0.1) is 0 Å². The molecule has 0 aliphatic heterocycles. The molecule has 1 unspecified atom stereocenters. The summed E-state index contributed by atoms with van der Waals surface area (Å²) in [6, 6.07) is -1.34. The molecule has 6 heteroatoms. The maximum absolute atomic E-state index is 12.0. The molecular formula is C9H17F3N2O. The summed E-state index contributed by atoms with van der Waals surface area (Å²) in [5, 5.41) is 2.31. The maximum atomic E-state index is 12.0. The fourth-order valence-electron chi connectivity index (χ4n) is 1.21. The van der Waals surface area contributed by atoms with E-state index >= 15 is 0 Å². The van der Waals surface area contributed by atoms with E-state index in [1.807, 2.05) is 0 Å². The molecular weight excluding hydrogens is 209 g/mol. The molecule has 2 amide bonds. The van der Waals surface area contributed by atoms with Crippen molar-refractivity contribution >= 4 is 6.03 Å². The van der Waals surface area contributed by atoms with Crippen molar-refractivity contribution in [3.05, 3.63) is 0 Å². The zero-order valence-corrected chi connectivity index (χ0v) is 9.19. The highest BCUT2D eigenvalue weighted by atomic mass is 19.4. The van der Waals surface area contributed by atoms with E-state index in [4.69, 9.17) is 0 Å². The lowest BCUT2D eigenvalue weighted by Crippen LogP contribution is -2.44. The molecule has 0 fully saturated rings. The third kappa shape index (κ3) is 6.19. The van der Waals surface area contributed by atoms with Crippen LogP contribution in [-0.2, 0) is 0 Å². The van der Waals surface area contributed by atoms with Gasteiger partial charge in [0.05, 0.1) is 6.42 Å². The molecule has 0 spiro atoms. The van der Waals surface area contributed by atoms with E-state index in [1.54, 1.807) is 13.8 Å². The molecule has 0 radical (unpaired) electrons. The lowest BCUT2D eigenvalue weighted by molar-refractivity contribution is -0.138. The minimum atomic E-state index is -4.24. The minimum absolute atomic E-state index is 0.447. The number of alkyl halides is 3. The maximum Gasteiger partial charge on any atom is 0.391 e. The smallest absolute Gasteiger partial charge is 0.335 e. The second-order valence-electron chi connectivity index (χ2n) is 3.34. The predicted octanol–water partition coefficient (Wildman–Crippen LogP) is 2.38. The first-order valence-electron chi connectivity index (χ1n) is 4.92. The predicted molar refractivity (Wildman–Crippen MR) is 51.6 cm³/mol. The normalized spacial score (nSPS) is 13.5. The molecule has 0 heterocycles. The van der Waals surface area contributed by atoms with Gasteiger partial charge in [0.15, 0.2) is 0 Å². The molecule has 0 saturated carbocycles. The van der Waals surface area contributed by atoms with E-state index in [2.05, 4.69) is 5.32 Å². The minimum Gasteiger partial charge on any atom is -0.335 e. The Hall–Kier alpha value is -0.940. The molecule has 1 N–H and O–H groups in total. The van der Waals surface area contributed by atoms with Gasteiger partial charge in [-0.3, -0.25) is 0 Å². The topological polar surface area (TPSA) is 32.3 Å². The summed E-state index contributed by atoms with van der Waals surface area (Å²) in [6.07, 6.45) is -5.24. The summed E-state index contributed by atoms with van der Waals surface area (Å²) in [7, 11) is 0. The van der Waals surface area contributed by atoms with Crippen molar-refractivity contribution < 1.29 is 18.0 Å². The lowest BCUT2D eigenvalue weighted by Gasteiger charge is -2.23. The number of nitrogens with zero attached hydrogens (tertiary/aromatic N) is 1. The second kappa shape index (κ2) is 5.82. The quantitative estimate of drug-likeness (QED) is 0.784. The summed E-state index contributed by atoms with van der Waals surface area (Å²) in [4.78, 5) is 12.8. The average molecular weight is 226 g/mol. The van der Waals surface area contributed by atoms with Crippen molar-refractivity contribution in [2.75, 3.05) is 13.1 Å². The molecule has 90 valence electrons. The molecule has 0 aliphatic rings. The highest BCUT2D eigenvalue weighted by Gasteiger charge is 2.30. The Morgan fingerprint density at radius 3 is 2.13 bits per heavy atom. The Morgan fingerprint density at radius 1 is 1.33 bits per heavy atom. The molecule has 3 nitrogen and oxygen atoms in total. The first kappa shape index (κ1) is 14.1. The monoisotopic (exact) mass is 226 g/mol. The largest absolute Gasteiger partial charge is 0.391 e. The van der Waals surface area contributed by atoms with Gasteiger partial charge >= 0.3 is 12.2 Å². The van der Waals surface area contributed by atoms with Crippen LogP contribution in [-0.4, -0.2) is 36.2 Å². The van der Waals surface area contributed by atoms with Gasteiger partial charge in [0, 0.05) is 19.1 Å². The van der Waals surface area contributed by atoms with Crippen molar-refractivity contribution in [2.24, 2.45) is 0 Å². The van der Waals surface area contributed by atoms with Crippen LogP contribution in [0, 0.1) is 0 Å². The summed E-state index contributed by atoms with van der Waals surface area (Å²) >= 11 is 0. The van der Waals surface area contributed by atoms with Crippen molar-refractivity contribution in [1.29, 1.82) is 0 Å². The Bertz CT molecular complexity index is 202. The van der Waals surface area contributed by atoms with E-state index < -0.39 is 24.7 Å². The molecule has 0 aromatic rings. The van der Waals surface area contributed by atoms with Gasteiger partial charge < -0.3 is 10.2 Å².